The maximum absolute atomic E-state index is 14.0. The number of hydrogen-bond donors (Lipinski definition) is 1. The molecule has 1 aliphatic rings. The zero-order chi connectivity index (χ0) is 18.5. The molecule has 1 amide bonds. The highest BCUT2D eigenvalue weighted by Crippen LogP contribution is 2.29. The number of amides is 1. The first kappa shape index (κ1) is 18.6. The van der Waals surface area contributed by atoms with Crippen molar-refractivity contribution >= 4 is 5.91 Å². The van der Waals surface area contributed by atoms with E-state index in [9.17, 15) is 9.18 Å². The average Bonchev–Trinajstić information content (AvgIpc) is 3.46. The van der Waals surface area contributed by atoms with Crippen LogP contribution in [0.15, 0.2) is 54.6 Å². The van der Waals surface area contributed by atoms with Crippen LogP contribution >= 0.6 is 0 Å². The SMILES string of the molecule is CC(C)C(NC(=O)CN(Cc1ccccc1F)C1CC1)c1ccccc1. The lowest BCUT2D eigenvalue weighted by Crippen LogP contribution is -2.41. The van der Waals surface area contributed by atoms with Crippen LogP contribution in [0.4, 0.5) is 4.39 Å². The fourth-order valence-corrected chi connectivity index (χ4v) is 3.30. The van der Waals surface area contributed by atoms with E-state index in [1.807, 2.05) is 36.4 Å². The van der Waals surface area contributed by atoms with Gasteiger partial charge in [-0.25, -0.2) is 4.39 Å². The first-order valence-electron chi connectivity index (χ1n) is 9.36. The molecule has 0 spiro atoms. The van der Waals surface area contributed by atoms with Crippen LogP contribution < -0.4 is 5.32 Å². The lowest BCUT2D eigenvalue weighted by molar-refractivity contribution is -0.123. The van der Waals surface area contributed by atoms with Gasteiger partial charge in [0.15, 0.2) is 0 Å². The molecule has 1 N–H and O–H groups in total. The van der Waals surface area contributed by atoms with E-state index in [4.69, 9.17) is 0 Å². The summed E-state index contributed by atoms with van der Waals surface area (Å²) in [6.07, 6.45) is 2.15. The molecule has 1 unspecified atom stereocenters. The number of benzene rings is 2. The fourth-order valence-electron chi connectivity index (χ4n) is 3.30. The highest BCUT2D eigenvalue weighted by molar-refractivity contribution is 5.78. The van der Waals surface area contributed by atoms with Gasteiger partial charge in [-0.2, -0.15) is 0 Å². The summed E-state index contributed by atoms with van der Waals surface area (Å²) in [7, 11) is 0. The van der Waals surface area contributed by atoms with Crippen molar-refractivity contribution in [2.45, 2.75) is 45.3 Å². The molecule has 2 aromatic carbocycles. The Bertz CT molecular complexity index is 728. The molecule has 1 saturated carbocycles. The van der Waals surface area contributed by atoms with E-state index < -0.39 is 0 Å². The Morgan fingerprint density at radius 1 is 1.12 bits per heavy atom. The van der Waals surface area contributed by atoms with Crippen LogP contribution in [0, 0.1) is 11.7 Å². The van der Waals surface area contributed by atoms with Gasteiger partial charge in [-0.1, -0.05) is 62.4 Å². The first-order valence-corrected chi connectivity index (χ1v) is 9.36. The van der Waals surface area contributed by atoms with Crippen LogP contribution in [0.25, 0.3) is 0 Å². The van der Waals surface area contributed by atoms with Crippen molar-refractivity contribution in [3.05, 3.63) is 71.5 Å². The van der Waals surface area contributed by atoms with Gasteiger partial charge in [0, 0.05) is 18.2 Å². The number of nitrogens with one attached hydrogen (secondary N) is 1. The molecule has 1 atom stereocenters. The van der Waals surface area contributed by atoms with Crippen LogP contribution in [-0.2, 0) is 11.3 Å². The third-order valence-electron chi connectivity index (χ3n) is 4.88. The highest BCUT2D eigenvalue weighted by Gasteiger charge is 2.31. The second-order valence-electron chi connectivity index (χ2n) is 7.43. The van der Waals surface area contributed by atoms with Crippen molar-refractivity contribution in [3.8, 4) is 0 Å². The van der Waals surface area contributed by atoms with Crippen LogP contribution in [0.1, 0.15) is 43.9 Å². The lowest BCUT2D eigenvalue weighted by Gasteiger charge is -2.26. The summed E-state index contributed by atoms with van der Waals surface area (Å²) in [4.78, 5) is 14.8. The minimum atomic E-state index is -0.206. The molecular formula is C22H27FN2O. The van der Waals surface area contributed by atoms with Gasteiger partial charge in [0.25, 0.3) is 0 Å². The summed E-state index contributed by atoms with van der Waals surface area (Å²) in [6.45, 7) is 4.99. The molecule has 0 bridgehead atoms. The lowest BCUT2D eigenvalue weighted by atomic mass is 9.96. The minimum Gasteiger partial charge on any atom is -0.348 e. The Labute approximate surface area is 155 Å². The maximum atomic E-state index is 14.0. The summed E-state index contributed by atoms with van der Waals surface area (Å²) >= 11 is 0. The Kier molecular flexibility index (Phi) is 6.04. The second kappa shape index (κ2) is 8.45. The van der Waals surface area contributed by atoms with E-state index >= 15 is 0 Å². The molecule has 3 nitrogen and oxygen atoms in total. The van der Waals surface area contributed by atoms with Gasteiger partial charge in [-0.05, 0) is 30.4 Å². The Hall–Kier alpha value is -2.20. The summed E-state index contributed by atoms with van der Waals surface area (Å²) in [5, 5.41) is 3.17. The molecule has 0 heterocycles. The third kappa shape index (κ3) is 4.92. The van der Waals surface area contributed by atoms with Gasteiger partial charge in [0.1, 0.15) is 5.82 Å². The Balaban J connectivity index is 1.65. The van der Waals surface area contributed by atoms with Crippen molar-refractivity contribution in [1.29, 1.82) is 0 Å². The van der Waals surface area contributed by atoms with E-state index in [0.717, 1.165) is 18.4 Å². The molecule has 0 saturated heterocycles. The van der Waals surface area contributed by atoms with Gasteiger partial charge in [0.05, 0.1) is 12.6 Å². The van der Waals surface area contributed by atoms with E-state index in [2.05, 4.69) is 24.1 Å². The van der Waals surface area contributed by atoms with E-state index in [0.29, 0.717) is 30.6 Å². The largest absolute Gasteiger partial charge is 0.348 e. The van der Waals surface area contributed by atoms with E-state index in [1.165, 1.54) is 6.07 Å². The number of hydrogen-bond acceptors (Lipinski definition) is 2. The first-order chi connectivity index (χ1) is 12.5. The zero-order valence-electron chi connectivity index (χ0n) is 15.5. The predicted octanol–water partition coefficient (Wildman–Crippen LogP) is 4.30. The molecule has 2 aromatic rings. The molecular weight excluding hydrogens is 327 g/mol. The predicted molar refractivity (Wildman–Crippen MR) is 102 cm³/mol. The number of halogens is 1. The van der Waals surface area contributed by atoms with Crippen molar-refractivity contribution in [2.24, 2.45) is 5.92 Å². The Morgan fingerprint density at radius 3 is 2.38 bits per heavy atom. The molecule has 4 heteroatoms. The van der Waals surface area contributed by atoms with E-state index in [-0.39, 0.29) is 17.8 Å². The molecule has 0 radical (unpaired) electrons. The topological polar surface area (TPSA) is 32.3 Å². The normalized spacial score (nSPS) is 15.3. The van der Waals surface area contributed by atoms with Gasteiger partial charge in [-0.3, -0.25) is 9.69 Å². The highest BCUT2D eigenvalue weighted by atomic mass is 19.1. The van der Waals surface area contributed by atoms with Crippen molar-refractivity contribution in [3.63, 3.8) is 0 Å². The van der Waals surface area contributed by atoms with Gasteiger partial charge in [0.2, 0.25) is 5.91 Å². The van der Waals surface area contributed by atoms with Crippen molar-refractivity contribution in [2.75, 3.05) is 6.54 Å². The zero-order valence-corrected chi connectivity index (χ0v) is 15.5. The van der Waals surface area contributed by atoms with Gasteiger partial charge >= 0.3 is 0 Å². The number of carbonyl (C=O) groups is 1. The molecule has 0 aromatic heterocycles. The minimum absolute atomic E-state index is 0.00390. The van der Waals surface area contributed by atoms with Crippen LogP contribution in [0.2, 0.25) is 0 Å². The molecule has 1 fully saturated rings. The van der Waals surface area contributed by atoms with Gasteiger partial charge in [-0.15, -0.1) is 0 Å². The summed E-state index contributed by atoms with van der Waals surface area (Å²) < 4.78 is 14.0. The third-order valence-corrected chi connectivity index (χ3v) is 4.88. The molecule has 138 valence electrons. The van der Waals surface area contributed by atoms with E-state index in [1.54, 1.807) is 12.1 Å². The number of carbonyl (C=O) groups excluding carboxylic acids is 1. The van der Waals surface area contributed by atoms with Gasteiger partial charge < -0.3 is 5.32 Å². The summed E-state index contributed by atoms with van der Waals surface area (Å²) in [5.74, 6) is 0.0842. The number of rotatable bonds is 8. The molecule has 26 heavy (non-hydrogen) atoms. The van der Waals surface area contributed by atoms with Crippen LogP contribution in [0.3, 0.4) is 0 Å². The number of nitrogens with zero attached hydrogens (tertiary/aromatic N) is 1. The fraction of sp³-hybridized carbons (Fsp3) is 0.409. The standard InChI is InChI=1S/C22H27FN2O/c1-16(2)22(17-8-4-3-5-9-17)24-21(26)15-25(19-12-13-19)14-18-10-6-7-11-20(18)23/h3-11,16,19,22H,12-15H2,1-2H3,(H,24,26). The quantitative estimate of drug-likeness (QED) is 0.766. The van der Waals surface area contributed by atoms with Crippen molar-refractivity contribution in [1.82, 2.24) is 10.2 Å². The van der Waals surface area contributed by atoms with Crippen LogP contribution in [0.5, 0.6) is 0 Å². The van der Waals surface area contributed by atoms with Crippen molar-refractivity contribution < 1.29 is 9.18 Å². The summed E-state index contributed by atoms with van der Waals surface area (Å²) in [6, 6.07) is 17.2. The monoisotopic (exact) mass is 354 g/mol. The molecule has 0 aliphatic heterocycles. The molecule has 3 rings (SSSR count). The smallest absolute Gasteiger partial charge is 0.234 e. The van der Waals surface area contributed by atoms with Crippen LogP contribution in [-0.4, -0.2) is 23.4 Å². The Morgan fingerprint density at radius 2 is 1.77 bits per heavy atom. The molecule has 1 aliphatic carbocycles. The maximum Gasteiger partial charge on any atom is 0.234 e. The average molecular weight is 354 g/mol. The summed E-state index contributed by atoms with van der Waals surface area (Å²) in [5.41, 5.74) is 1.76. The second-order valence-corrected chi connectivity index (χ2v) is 7.43.